The Morgan fingerprint density at radius 2 is 0.319 bits per heavy atom. The molecule has 11 heteroatoms. The molecule has 0 unspecified atom stereocenters. The van der Waals surface area contributed by atoms with Gasteiger partial charge in [-0.1, -0.05) is 34.2 Å². The summed E-state index contributed by atoms with van der Waals surface area (Å²) in [6.45, 7) is 84.5. The third-order valence-corrected chi connectivity index (χ3v) is 23.1. The van der Waals surface area contributed by atoms with Gasteiger partial charge in [-0.3, -0.25) is 0 Å². The molecule has 0 rings (SSSR count). The fraction of sp³-hybridized carbons (Fsp3) is 0.333. The average Bonchev–Trinajstić information content (AvgIpc) is 3.02. The van der Waals surface area contributed by atoms with Crippen LogP contribution in [0.3, 0.4) is 0 Å². The first-order valence-electron chi connectivity index (χ1n) is 14.4. The molecule has 0 saturated heterocycles. The molecule has 0 radical (unpaired) electrons. The summed E-state index contributed by atoms with van der Waals surface area (Å²) in [5.74, 6) is 0. The van der Waals surface area contributed by atoms with Crippen molar-refractivity contribution >= 4 is 49.9 Å². The molecule has 0 spiro atoms. The van der Waals surface area contributed by atoms with E-state index in [9.17, 15) is 0 Å². The molecular weight excluding hydrogens is 1040 g/mol. The predicted octanol–water partition coefficient (Wildman–Crippen LogP) is 13.4. The van der Waals surface area contributed by atoms with E-state index in [1.54, 1.807) is 0 Å². The Balaban J connectivity index is -0.0000000387. The summed E-state index contributed by atoms with van der Waals surface area (Å²) in [5.41, 5.74) is 11.8. The smallest absolute Gasteiger partial charge is 0.198 e. The Kier molecular flexibility index (Phi) is 73.8. The van der Waals surface area contributed by atoms with Crippen LogP contribution >= 0.6 is 0 Å². The van der Waals surface area contributed by atoms with Gasteiger partial charge in [0.25, 0.3) is 0 Å². The molecule has 0 atom stereocenters. The van der Waals surface area contributed by atoms with Crippen LogP contribution in [0.4, 0.5) is 0 Å². The minimum Gasteiger partial charge on any atom is -0.449 e. The minimum absolute atomic E-state index is 0. The van der Waals surface area contributed by atoms with Crippen LogP contribution in [0.1, 0.15) is 0 Å². The van der Waals surface area contributed by atoms with E-state index in [2.05, 4.69) is 197 Å². The van der Waals surface area contributed by atoms with Gasteiger partial charge in [0.15, 0.2) is 49.9 Å². The number of hydrogen-bond acceptors (Lipinski definition) is 3. The number of rotatable bonds is 12. The Hall–Kier alpha value is -0.562. The molecule has 0 fully saturated rings. The van der Waals surface area contributed by atoms with Gasteiger partial charge in [0, 0.05) is 42.1 Å². The minimum atomic E-state index is -1.58. The maximum absolute atomic E-state index is 5.97. The topological polar surface area (TPSA) is 27.7 Å². The predicted molar refractivity (Wildman–Crippen MR) is 237 cm³/mol. The van der Waals surface area contributed by atoms with Crippen LogP contribution in [0.2, 0.25) is 78.6 Å². The van der Waals surface area contributed by atoms with Crippen molar-refractivity contribution in [1.29, 1.82) is 0 Å². The summed E-state index contributed by atoms with van der Waals surface area (Å²) in [5, 5.41) is 0. The maximum Gasteiger partial charge on any atom is 0.198 e. The molecular formula is C36H78O3Pt2Si6. The monoisotopic (exact) mass is 1120 g/mol. The van der Waals surface area contributed by atoms with E-state index in [4.69, 9.17) is 12.3 Å². The van der Waals surface area contributed by atoms with E-state index >= 15 is 0 Å². The summed E-state index contributed by atoms with van der Waals surface area (Å²) in [4.78, 5) is 0. The second-order valence-electron chi connectivity index (χ2n) is 11.2. The molecule has 0 amide bonds. The third kappa shape index (κ3) is 68.3. The fourth-order valence-corrected chi connectivity index (χ4v) is 20.6. The van der Waals surface area contributed by atoms with Crippen molar-refractivity contribution in [1.82, 2.24) is 0 Å². The zero-order valence-corrected chi connectivity index (χ0v) is 43.6. The van der Waals surface area contributed by atoms with Crippen LogP contribution in [-0.2, 0) is 54.5 Å². The molecule has 0 N–H and O–H groups in total. The van der Waals surface area contributed by atoms with Crippen LogP contribution < -0.4 is 0 Å². The maximum atomic E-state index is 5.97. The quantitative estimate of drug-likeness (QED) is 0.144. The van der Waals surface area contributed by atoms with Gasteiger partial charge < -0.3 is 12.3 Å². The largest absolute Gasteiger partial charge is 0.449 e. The first-order valence-corrected chi connectivity index (χ1v) is 32.3. The van der Waals surface area contributed by atoms with E-state index in [1.165, 1.54) is 0 Å². The van der Waals surface area contributed by atoms with Crippen molar-refractivity contribution in [2.24, 2.45) is 0 Å². The van der Waals surface area contributed by atoms with Gasteiger partial charge in [0.2, 0.25) is 0 Å². The fourth-order valence-electron chi connectivity index (χ4n) is 2.28. The van der Waals surface area contributed by atoms with Crippen LogP contribution in [0.5, 0.6) is 0 Å². The summed E-state index contributed by atoms with van der Waals surface area (Å²) >= 11 is 0. The van der Waals surface area contributed by atoms with Crippen molar-refractivity contribution in [3.8, 4) is 0 Å². The molecule has 0 aromatic rings. The van der Waals surface area contributed by atoms with Crippen molar-refractivity contribution in [3.63, 3.8) is 0 Å². The van der Waals surface area contributed by atoms with Gasteiger partial charge in [-0.15, -0.1) is 118 Å². The molecule has 284 valence electrons. The van der Waals surface area contributed by atoms with Crippen LogP contribution in [-0.4, -0.2) is 49.9 Å². The standard InChI is InChI=1S/3C8H18OSi2.6C2H4.2Pt/c3*1-7-10(3,4)9-11(5,6)8-2;6*1-2;;/h3*7-8H,1-2H2,3-6H3;6*1-2H2;;. The van der Waals surface area contributed by atoms with Crippen LogP contribution in [0.15, 0.2) is 153 Å². The molecule has 0 heterocycles. The van der Waals surface area contributed by atoms with Gasteiger partial charge in [0.1, 0.15) is 0 Å². The van der Waals surface area contributed by atoms with Gasteiger partial charge >= 0.3 is 0 Å². The first-order chi connectivity index (χ1) is 20.5. The van der Waals surface area contributed by atoms with Gasteiger partial charge in [-0.25, -0.2) is 0 Å². The molecule has 0 bridgehead atoms. The van der Waals surface area contributed by atoms with Gasteiger partial charge in [0.05, 0.1) is 0 Å². The molecule has 0 aromatic carbocycles. The Bertz CT molecular complexity index is 610. The Labute approximate surface area is 332 Å². The second kappa shape index (κ2) is 45.4. The average molecular weight is 1120 g/mol. The third-order valence-electron chi connectivity index (χ3n) is 4.53. The van der Waals surface area contributed by atoms with Gasteiger partial charge in [-0.05, 0) is 78.6 Å². The van der Waals surface area contributed by atoms with E-state index in [-0.39, 0.29) is 42.1 Å². The molecule has 0 aliphatic heterocycles. The Morgan fingerprint density at radius 3 is 0.362 bits per heavy atom. The summed E-state index contributed by atoms with van der Waals surface area (Å²) in [7, 11) is -9.48. The molecule has 0 aliphatic rings. The molecule has 0 saturated carbocycles. The molecule has 3 nitrogen and oxygen atoms in total. The molecule has 47 heavy (non-hydrogen) atoms. The van der Waals surface area contributed by atoms with Crippen molar-refractivity contribution in [2.45, 2.75) is 78.6 Å². The van der Waals surface area contributed by atoms with Crippen LogP contribution in [0.25, 0.3) is 0 Å². The molecule has 0 aliphatic carbocycles. The van der Waals surface area contributed by atoms with Crippen LogP contribution in [0, 0.1) is 0 Å². The SMILES string of the molecule is C=C.C=C.C=C.C=C.C=C.C=C.C=C[Si](C)(C)O[Si](C)(C)C=C.C=C[Si](C)(C)O[Si](C)(C)C=C.C=C[Si](C)(C)O[Si](C)(C)C=C.[Pt].[Pt]. The number of hydrogen-bond donors (Lipinski definition) is 0. The van der Waals surface area contributed by atoms with E-state index in [1.807, 2.05) is 34.2 Å². The van der Waals surface area contributed by atoms with Gasteiger partial charge in [-0.2, -0.15) is 0 Å². The van der Waals surface area contributed by atoms with Crippen molar-refractivity contribution in [3.05, 3.63) is 153 Å². The van der Waals surface area contributed by atoms with E-state index in [0.29, 0.717) is 0 Å². The molecule has 0 aromatic heterocycles. The second-order valence-corrected chi connectivity index (χ2v) is 35.3. The van der Waals surface area contributed by atoms with E-state index < -0.39 is 49.9 Å². The van der Waals surface area contributed by atoms with Crippen molar-refractivity contribution in [2.75, 3.05) is 0 Å². The first kappa shape index (κ1) is 76.3. The van der Waals surface area contributed by atoms with Crippen molar-refractivity contribution < 1.29 is 54.5 Å². The summed E-state index contributed by atoms with van der Waals surface area (Å²) < 4.78 is 17.9. The zero-order valence-electron chi connectivity index (χ0n) is 33.0. The zero-order chi connectivity index (χ0) is 39.4. The Morgan fingerprint density at radius 1 is 0.255 bits per heavy atom. The van der Waals surface area contributed by atoms with E-state index in [0.717, 1.165) is 0 Å². The summed E-state index contributed by atoms with van der Waals surface area (Å²) in [6, 6.07) is 0. The normalized spacial score (nSPS) is 9.45. The summed E-state index contributed by atoms with van der Waals surface area (Å²) in [6.07, 6.45) is 0.